The highest BCUT2D eigenvalue weighted by molar-refractivity contribution is 7.16. The van der Waals surface area contributed by atoms with E-state index in [0.717, 1.165) is 41.8 Å². The number of fused-ring (bicyclic) bond motifs is 1. The van der Waals surface area contributed by atoms with Crippen LogP contribution in [0.15, 0.2) is 47.5 Å². The van der Waals surface area contributed by atoms with Gasteiger partial charge in [-0.3, -0.25) is 14.9 Å². The lowest BCUT2D eigenvalue weighted by atomic mass is 9.96. The second kappa shape index (κ2) is 10.8. The summed E-state index contributed by atoms with van der Waals surface area (Å²) in [5, 5.41) is 23.7. The molecule has 3 aromatic rings. The van der Waals surface area contributed by atoms with Gasteiger partial charge in [0.15, 0.2) is 18.1 Å². The van der Waals surface area contributed by atoms with Crippen LogP contribution in [0.1, 0.15) is 34.4 Å². The first-order valence-electron chi connectivity index (χ1n) is 10.9. The highest BCUT2D eigenvalue weighted by Crippen LogP contribution is 2.39. The third-order valence-corrected chi connectivity index (χ3v) is 6.70. The zero-order valence-corrected chi connectivity index (χ0v) is 19.8. The fourth-order valence-electron chi connectivity index (χ4n) is 3.78. The van der Waals surface area contributed by atoms with Crippen LogP contribution >= 0.6 is 11.3 Å². The number of thiophene rings is 1. The number of non-ortho nitro benzene ring substituents is 1. The summed E-state index contributed by atoms with van der Waals surface area (Å²) in [5.41, 5.74) is 2.95. The number of ether oxygens (including phenoxy) is 2. The molecular formula is C25H22N4O5S. The lowest BCUT2D eigenvalue weighted by Gasteiger charge is -2.11. The first-order chi connectivity index (χ1) is 17.0. The molecular weight excluding hydrogens is 468 g/mol. The van der Waals surface area contributed by atoms with Gasteiger partial charge >= 0.3 is 0 Å². The van der Waals surface area contributed by atoms with Crippen LogP contribution in [0, 0.1) is 21.4 Å². The van der Waals surface area contributed by atoms with E-state index in [0.29, 0.717) is 22.7 Å². The summed E-state index contributed by atoms with van der Waals surface area (Å²) in [6.45, 7) is -0.271. The number of hydrogen-bond donors (Lipinski definition) is 1. The average Bonchev–Trinajstić information content (AvgIpc) is 3.24. The Balaban J connectivity index is 1.40. The highest BCUT2D eigenvalue weighted by atomic mass is 32.1. The minimum Gasteiger partial charge on any atom is -0.493 e. The molecule has 0 fully saturated rings. The summed E-state index contributed by atoms with van der Waals surface area (Å²) >= 11 is 1.58. The van der Waals surface area contributed by atoms with Gasteiger partial charge in [-0.2, -0.15) is 5.26 Å². The second-order valence-corrected chi connectivity index (χ2v) is 8.90. The summed E-state index contributed by atoms with van der Waals surface area (Å²) in [4.78, 5) is 28.3. The van der Waals surface area contributed by atoms with Crippen LogP contribution in [0.2, 0.25) is 0 Å². The van der Waals surface area contributed by atoms with Crippen molar-refractivity contribution in [3.05, 3.63) is 74.1 Å². The molecule has 1 heterocycles. The molecule has 9 nitrogen and oxygen atoms in total. The van der Waals surface area contributed by atoms with E-state index in [1.165, 1.54) is 36.3 Å². The van der Waals surface area contributed by atoms with Crippen LogP contribution < -0.4 is 14.8 Å². The number of hydrogen-bond acceptors (Lipinski definition) is 8. The van der Waals surface area contributed by atoms with E-state index in [1.54, 1.807) is 35.8 Å². The van der Waals surface area contributed by atoms with Crippen LogP contribution in [0.4, 0.5) is 16.4 Å². The molecule has 1 N–H and O–H groups in total. The molecule has 2 aromatic carbocycles. The van der Waals surface area contributed by atoms with Gasteiger partial charge in [0, 0.05) is 28.9 Å². The number of nitriles is 1. The van der Waals surface area contributed by atoms with E-state index in [4.69, 9.17) is 9.47 Å². The molecule has 0 saturated heterocycles. The minimum absolute atomic E-state index is 0.0601. The summed E-state index contributed by atoms with van der Waals surface area (Å²) in [5.74, 6) is 0.396. The van der Waals surface area contributed by atoms with Crippen molar-refractivity contribution in [2.24, 2.45) is 4.99 Å². The summed E-state index contributed by atoms with van der Waals surface area (Å²) in [7, 11) is 1.50. The van der Waals surface area contributed by atoms with Crippen molar-refractivity contribution >= 4 is 39.8 Å². The zero-order valence-electron chi connectivity index (χ0n) is 18.9. The van der Waals surface area contributed by atoms with Gasteiger partial charge in [0.25, 0.3) is 11.6 Å². The Labute approximate surface area is 205 Å². The number of benzene rings is 2. The molecule has 10 heteroatoms. The monoisotopic (exact) mass is 490 g/mol. The number of amides is 1. The maximum Gasteiger partial charge on any atom is 0.269 e. The largest absolute Gasteiger partial charge is 0.493 e. The number of aryl methyl sites for hydroxylation is 1. The van der Waals surface area contributed by atoms with Crippen LogP contribution in [-0.2, 0) is 17.6 Å². The summed E-state index contributed by atoms with van der Waals surface area (Å²) in [6.07, 6.45) is 5.87. The Morgan fingerprint density at radius 2 is 2.00 bits per heavy atom. The predicted octanol–water partition coefficient (Wildman–Crippen LogP) is 5.18. The number of methoxy groups -OCH3 is 1. The van der Waals surface area contributed by atoms with E-state index in [9.17, 15) is 20.2 Å². The van der Waals surface area contributed by atoms with E-state index >= 15 is 0 Å². The van der Waals surface area contributed by atoms with Crippen molar-refractivity contribution in [1.29, 1.82) is 5.26 Å². The number of aliphatic imine (C=N–C) groups is 1. The quantitative estimate of drug-likeness (QED) is 0.263. The van der Waals surface area contributed by atoms with Gasteiger partial charge in [-0.05, 0) is 67.1 Å². The molecule has 1 aliphatic carbocycles. The fourth-order valence-corrected chi connectivity index (χ4v) is 4.96. The highest BCUT2D eigenvalue weighted by Gasteiger charge is 2.20. The minimum atomic E-state index is -0.508. The van der Waals surface area contributed by atoms with Crippen molar-refractivity contribution in [2.45, 2.75) is 25.7 Å². The molecule has 1 aliphatic rings. The van der Waals surface area contributed by atoms with E-state index < -0.39 is 10.8 Å². The third kappa shape index (κ3) is 5.65. The SMILES string of the molecule is COc1cc(C=Nc2sc3c(c2C#N)CCCC3)ccc1OCC(=O)Nc1ccc([N+](=O)[O-])cc1. The average molecular weight is 491 g/mol. The molecule has 0 unspecified atom stereocenters. The number of rotatable bonds is 8. The standard InChI is InChI=1S/C25H22N4O5S/c1-33-22-12-16(14-27-25-20(13-26)19-4-2-3-5-23(19)35-25)6-11-21(22)34-15-24(30)28-17-7-9-18(10-8-17)29(31)32/h6-12,14H,2-5,15H2,1H3,(H,28,30). The number of carbonyl (C=O) groups is 1. The van der Waals surface area contributed by atoms with Crippen molar-refractivity contribution < 1.29 is 19.2 Å². The Bertz CT molecular complexity index is 1320. The first-order valence-corrected chi connectivity index (χ1v) is 11.7. The van der Waals surface area contributed by atoms with Gasteiger partial charge in [0.05, 0.1) is 17.6 Å². The number of nitrogens with zero attached hydrogens (tertiary/aromatic N) is 3. The van der Waals surface area contributed by atoms with E-state index in [2.05, 4.69) is 16.4 Å². The molecule has 0 radical (unpaired) electrons. The van der Waals surface area contributed by atoms with Gasteiger partial charge in [0.2, 0.25) is 0 Å². The van der Waals surface area contributed by atoms with Crippen LogP contribution in [0.3, 0.4) is 0 Å². The number of nitrogens with one attached hydrogen (secondary N) is 1. The van der Waals surface area contributed by atoms with Crippen LogP contribution in [0.25, 0.3) is 0 Å². The molecule has 0 saturated carbocycles. The van der Waals surface area contributed by atoms with Crippen molar-refractivity contribution in [1.82, 2.24) is 0 Å². The van der Waals surface area contributed by atoms with E-state index in [1.807, 2.05) is 0 Å². The first kappa shape index (κ1) is 23.9. The Morgan fingerprint density at radius 1 is 1.23 bits per heavy atom. The lowest BCUT2D eigenvalue weighted by Crippen LogP contribution is -2.20. The van der Waals surface area contributed by atoms with Gasteiger partial charge in [-0.1, -0.05) is 0 Å². The second-order valence-electron chi connectivity index (χ2n) is 7.81. The van der Waals surface area contributed by atoms with Crippen LogP contribution in [-0.4, -0.2) is 30.8 Å². The Hall–Kier alpha value is -4.23. The molecule has 4 rings (SSSR count). The molecule has 178 valence electrons. The maximum absolute atomic E-state index is 12.2. The van der Waals surface area contributed by atoms with Gasteiger partial charge in [-0.25, -0.2) is 4.99 Å². The predicted molar refractivity (Wildman–Crippen MR) is 133 cm³/mol. The van der Waals surface area contributed by atoms with Crippen molar-refractivity contribution in [3.8, 4) is 17.6 Å². The summed E-state index contributed by atoms with van der Waals surface area (Å²) in [6, 6.07) is 13.0. The topological polar surface area (TPSA) is 127 Å². The summed E-state index contributed by atoms with van der Waals surface area (Å²) < 4.78 is 11.0. The van der Waals surface area contributed by atoms with Gasteiger partial charge < -0.3 is 14.8 Å². The number of anilines is 1. The molecule has 0 bridgehead atoms. The Morgan fingerprint density at radius 3 is 2.71 bits per heavy atom. The molecule has 0 aliphatic heterocycles. The third-order valence-electron chi connectivity index (χ3n) is 5.50. The normalized spacial score (nSPS) is 12.6. The van der Waals surface area contributed by atoms with E-state index in [-0.39, 0.29) is 12.3 Å². The molecule has 0 atom stereocenters. The molecule has 0 spiro atoms. The molecule has 1 aromatic heterocycles. The smallest absolute Gasteiger partial charge is 0.269 e. The fraction of sp³-hybridized carbons (Fsp3) is 0.240. The number of nitro groups is 1. The van der Waals surface area contributed by atoms with Gasteiger partial charge in [-0.15, -0.1) is 11.3 Å². The zero-order chi connectivity index (χ0) is 24.8. The van der Waals surface area contributed by atoms with Crippen LogP contribution in [0.5, 0.6) is 11.5 Å². The lowest BCUT2D eigenvalue weighted by molar-refractivity contribution is -0.384. The Kier molecular flexibility index (Phi) is 7.38. The molecule has 1 amide bonds. The number of nitro benzene ring substituents is 1. The maximum atomic E-state index is 12.2. The van der Waals surface area contributed by atoms with Gasteiger partial charge in [0.1, 0.15) is 11.1 Å². The molecule has 35 heavy (non-hydrogen) atoms. The van der Waals surface area contributed by atoms with Crippen molar-refractivity contribution in [2.75, 3.05) is 19.0 Å². The number of carbonyl (C=O) groups excluding carboxylic acids is 1. The van der Waals surface area contributed by atoms with Crippen molar-refractivity contribution in [3.63, 3.8) is 0 Å².